The largest absolute Gasteiger partial charge is 0.449 e. The van der Waals surface area contributed by atoms with E-state index in [4.69, 9.17) is 22.8 Å². The topological polar surface area (TPSA) is 200 Å². The monoisotopic (exact) mass is 972 g/mol. The predicted molar refractivity (Wildman–Crippen MR) is 255 cm³/mol. The number of nitrogens with one attached hydrogen (secondary N) is 4. The first-order chi connectivity index (χ1) is 31.9. The van der Waals surface area contributed by atoms with Gasteiger partial charge in [-0.1, -0.05) is 170 Å². The van der Waals surface area contributed by atoms with Crippen molar-refractivity contribution < 1.29 is 50.8 Å². The predicted octanol–water partition coefficient (Wildman–Crippen LogP) is 10.8. The van der Waals surface area contributed by atoms with Crippen LogP contribution in [-0.4, -0.2) is 42.7 Å². The van der Waals surface area contributed by atoms with E-state index < -0.39 is 61.4 Å². The smallest absolute Gasteiger partial charge is 0.407 e. The molecular formula is C47H52N4O11P4. The van der Waals surface area contributed by atoms with Crippen LogP contribution < -0.4 is 20.6 Å². The maximum absolute atomic E-state index is 14.9. The Kier molecular flexibility index (Phi) is 17.3. The third kappa shape index (κ3) is 14.6. The number of carbonyl (C=O) groups excluding carboxylic acids is 1. The van der Waals surface area contributed by atoms with Crippen molar-refractivity contribution in [2.24, 2.45) is 0 Å². The zero-order valence-corrected chi connectivity index (χ0v) is 39.5. The number of carbonyl (C=O) groups is 1. The van der Waals surface area contributed by atoms with E-state index in [0.29, 0.717) is 22.3 Å². The molecule has 1 aliphatic carbocycles. The second-order valence-corrected chi connectivity index (χ2v) is 23.9. The third-order valence-corrected chi connectivity index (χ3v) is 17.6. The molecule has 1 amide bonds. The molecule has 0 saturated carbocycles. The Morgan fingerprint density at radius 2 is 0.773 bits per heavy atom. The van der Waals surface area contributed by atoms with Gasteiger partial charge in [0.2, 0.25) is 0 Å². The van der Waals surface area contributed by atoms with E-state index >= 15 is 0 Å². The molecule has 0 aromatic heterocycles. The van der Waals surface area contributed by atoms with Crippen molar-refractivity contribution >= 4 is 36.2 Å². The van der Waals surface area contributed by atoms with Crippen molar-refractivity contribution in [3.05, 3.63) is 203 Å². The zero-order chi connectivity index (χ0) is 46.3. The fourth-order valence-corrected chi connectivity index (χ4v) is 14.4. The molecule has 5 N–H and O–H groups in total. The van der Waals surface area contributed by atoms with Crippen LogP contribution in [0.2, 0.25) is 0 Å². The molecule has 7 rings (SSSR count). The number of hydrogen-bond donors (Lipinski definition) is 5. The van der Waals surface area contributed by atoms with Crippen LogP contribution in [-0.2, 0) is 67.5 Å². The molecule has 0 spiro atoms. The molecule has 15 nitrogen and oxygen atoms in total. The molecule has 4 atom stereocenters. The van der Waals surface area contributed by atoms with Gasteiger partial charge in [0, 0.05) is 5.92 Å². The molecule has 0 heterocycles. The molecule has 6 aromatic carbocycles. The molecule has 346 valence electrons. The van der Waals surface area contributed by atoms with Gasteiger partial charge in [-0.05, 0) is 44.5 Å². The number of hydrogen-bond acceptors (Lipinski definition) is 10. The van der Waals surface area contributed by atoms with Crippen LogP contribution >= 0.6 is 30.2 Å². The Morgan fingerprint density at radius 1 is 0.439 bits per heavy atom. The summed E-state index contributed by atoms with van der Waals surface area (Å²) in [7, 11) is -17.0. The van der Waals surface area contributed by atoms with Gasteiger partial charge in [-0.15, -0.1) is 0 Å². The first-order valence-corrected chi connectivity index (χ1v) is 28.3. The third-order valence-electron chi connectivity index (χ3n) is 10.4. The Balaban J connectivity index is 1.06. The van der Waals surface area contributed by atoms with Crippen LogP contribution in [0, 0.1) is 0 Å². The van der Waals surface area contributed by atoms with Gasteiger partial charge in [0.15, 0.2) is 0 Å². The molecule has 6 aromatic rings. The van der Waals surface area contributed by atoms with Gasteiger partial charge >= 0.3 is 13.7 Å². The van der Waals surface area contributed by atoms with Crippen LogP contribution in [0.5, 0.6) is 0 Å². The fraction of sp³-hybridized carbons (Fsp3) is 0.213. The maximum atomic E-state index is 14.9. The first kappa shape index (κ1) is 49.1. The van der Waals surface area contributed by atoms with Crippen molar-refractivity contribution in [2.45, 2.75) is 32.3 Å². The lowest BCUT2D eigenvalue weighted by Gasteiger charge is -2.27. The molecule has 1 aliphatic rings. The van der Waals surface area contributed by atoms with E-state index in [2.05, 4.69) is 20.6 Å². The van der Waals surface area contributed by atoms with E-state index in [1.807, 2.05) is 60.7 Å². The minimum Gasteiger partial charge on any atom is -0.449 e. The highest BCUT2D eigenvalue weighted by Crippen LogP contribution is 2.54. The second kappa shape index (κ2) is 23.3. The van der Waals surface area contributed by atoms with Gasteiger partial charge in [0.25, 0.3) is 22.6 Å². The van der Waals surface area contributed by atoms with E-state index in [1.165, 1.54) is 0 Å². The first-order valence-electron chi connectivity index (χ1n) is 21.1. The summed E-state index contributed by atoms with van der Waals surface area (Å²) in [5.74, 6) is -0.214. The summed E-state index contributed by atoms with van der Waals surface area (Å²) >= 11 is 0. The SMILES string of the molecule is O=C(NCP(=O)(NCP(=O)(NCP(=O)(NCP(=O)(O)OCc1ccccc1)OCc1ccccc1)OCc1ccccc1)OCc1ccccc1)OCC1c2ccccc2-c2ccccc21. The van der Waals surface area contributed by atoms with Crippen LogP contribution in [0.4, 0.5) is 4.79 Å². The van der Waals surface area contributed by atoms with Crippen LogP contribution in [0.15, 0.2) is 170 Å². The number of amides is 1. The highest BCUT2D eigenvalue weighted by molar-refractivity contribution is 7.62. The van der Waals surface area contributed by atoms with Crippen molar-refractivity contribution in [1.82, 2.24) is 20.6 Å². The Morgan fingerprint density at radius 3 is 1.18 bits per heavy atom. The van der Waals surface area contributed by atoms with Crippen molar-refractivity contribution in [3.8, 4) is 11.1 Å². The van der Waals surface area contributed by atoms with E-state index in [0.717, 1.165) is 22.3 Å². The normalized spacial score (nSPS) is 15.8. The second-order valence-electron chi connectivity index (χ2n) is 15.3. The lowest BCUT2D eigenvalue weighted by Crippen LogP contribution is -2.32. The standard InChI is InChI=1S/C47H52N4O11P4/c52-47(58-33-46-44-27-15-13-25-42(44)43-26-14-16-28-45(43)46)48-34-63(53,59-29-38-17-5-1-6-18-38)49-35-64(54,60-30-39-19-7-2-8-20-39)50-36-65(55,61-31-40-21-9-3-10-22-40)51-37-66(56,57)62-32-41-23-11-4-12-24-41/h1-28,46H,29-37H2,(H,48,52)(H,49,53)(H,50,54)(H,51,55)(H,56,57). The molecular weight excluding hydrogens is 920 g/mol. The number of fused-ring (bicyclic) bond motifs is 3. The average Bonchev–Trinajstić information content (AvgIpc) is 3.68. The number of alkyl carbamates (subject to hydrolysis) is 1. The van der Waals surface area contributed by atoms with Gasteiger partial charge in [-0.25, -0.2) is 20.1 Å². The molecule has 19 heteroatoms. The minimum absolute atomic E-state index is 0.0141. The summed E-state index contributed by atoms with van der Waals surface area (Å²) in [6.45, 7) is -0.659. The zero-order valence-electron chi connectivity index (χ0n) is 35.9. The van der Waals surface area contributed by atoms with E-state index in [1.54, 1.807) is 109 Å². The Labute approximate surface area is 384 Å². The number of rotatable bonds is 25. The molecule has 66 heavy (non-hydrogen) atoms. The molecule has 0 bridgehead atoms. The quantitative estimate of drug-likeness (QED) is 0.0339. The average molecular weight is 973 g/mol. The summed E-state index contributed by atoms with van der Waals surface area (Å²) < 4.78 is 86.1. The summed E-state index contributed by atoms with van der Waals surface area (Å²) in [5.41, 5.74) is 6.81. The van der Waals surface area contributed by atoms with E-state index in [9.17, 15) is 27.9 Å². The highest BCUT2D eigenvalue weighted by Gasteiger charge is 2.36. The lowest BCUT2D eigenvalue weighted by molar-refractivity contribution is 0.144. The van der Waals surface area contributed by atoms with Crippen LogP contribution in [0.3, 0.4) is 0 Å². The Hall–Kier alpha value is -4.81. The van der Waals surface area contributed by atoms with Crippen LogP contribution in [0.25, 0.3) is 11.1 Å². The molecule has 0 aliphatic heterocycles. The fourth-order valence-electron chi connectivity index (χ4n) is 6.91. The minimum atomic E-state index is -4.39. The van der Waals surface area contributed by atoms with Gasteiger partial charge in [-0.2, -0.15) is 0 Å². The Bertz CT molecular complexity index is 2660. The van der Waals surface area contributed by atoms with Gasteiger partial charge in [0.1, 0.15) is 19.2 Å². The number of benzene rings is 6. The maximum Gasteiger partial charge on any atom is 0.407 e. The van der Waals surface area contributed by atoms with Crippen molar-refractivity contribution in [3.63, 3.8) is 0 Å². The summed E-state index contributed by atoms with van der Waals surface area (Å²) in [6, 6.07) is 51.3. The molecule has 4 unspecified atom stereocenters. The van der Waals surface area contributed by atoms with Gasteiger partial charge in [0.05, 0.1) is 39.0 Å². The van der Waals surface area contributed by atoms with Crippen LogP contribution in [0.1, 0.15) is 39.3 Å². The highest BCUT2D eigenvalue weighted by atomic mass is 31.2. The molecule has 0 saturated heterocycles. The van der Waals surface area contributed by atoms with Gasteiger partial charge < -0.3 is 33.0 Å². The summed E-state index contributed by atoms with van der Waals surface area (Å²) in [4.78, 5) is 24.0. The van der Waals surface area contributed by atoms with Gasteiger partial charge in [-0.3, -0.25) is 18.3 Å². The number of ether oxygens (including phenoxy) is 1. The van der Waals surface area contributed by atoms with Crippen molar-refractivity contribution in [2.75, 3.05) is 31.8 Å². The summed E-state index contributed by atoms with van der Waals surface area (Å²) in [5, 5.41) is 10.6. The molecule has 0 fully saturated rings. The lowest BCUT2D eigenvalue weighted by atomic mass is 9.98. The van der Waals surface area contributed by atoms with E-state index in [-0.39, 0.29) is 39.0 Å². The van der Waals surface area contributed by atoms with Crippen molar-refractivity contribution in [1.29, 1.82) is 0 Å². The summed E-state index contributed by atoms with van der Waals surface area (Å²) in [6.07, 6.45) is -3.50. The molecule has 0 radical (unpaired) electrons.